The molecule has 0 spiro atoms. The zero-order chi connectivity index (χ0) is 18.1. The van der Waals surface area contributed by atoms with Gasteiger partial charge in [0.05, 0.1) is 0 Å². The first kappa shape index (κ1) is 18.4. The van der Waals surface area contributed by atoms with Gasteiger partial charge in [0.25, 0.3) is 0 Å². The number of hydrogen-bond donors (Lipinski definition) is 2. The molecule has 1 heterocycles. The van der Waals surface area contributed by atoms with E-state index in [-0.39, 0.29) is 0 Å². The van der Waals surface area contributed by atoms with Gasteiger partial charge in [0.15, 0.2) is 0 Å². The highest BCUT2D eigenvalue weighted by atomic mass is 15.0. The first-order chi connectivity index (χ1) is 13.4. The quantitative estimate of drug-likeness (QED) is 0.624. The smallest absolute Gasteiger partial charge is 0.0135 e. The van der Waals surface area contributed by atoms with E-state index < -0.39 is 0 Å². The third-order valence-corrected chi connectivity index (χ3v) is 8.91. The molecule has 0 aromatic rings. The number of allylic oxidation sites excluding steroid dienone is 2. The van der Waals surface area contributed by atoms with Crippen molar-refractivity contribution < 1.29 is 0 Å². The lowest BCUT2D eigenvalue weighted by atomic mass is 9.77. The fourth-order valence-electron chi connectivity index (χ4n) is 7.68. The van der Waals surface area contributed by atoms with Crippen molar-refractivity contribution in [1.29, 1.82) is 0 Å². The molecule has 0 saturated heterocycles. The molecule has 2 N–H and O–H groups in total. The topological polar surface area (TPSA) is 24.1 Å². The van der Waals surface area contributed by atoms with Gasteiger partial charge in [0.1, 0.15) is 0 Å². The molecular formula is C25H40N2. The Morgan fingerprint density at radius 1 is 0.556 bits per heavy atom. The van der Waals surface area contributed by atoms with Crippen LogP contribution in [0.1, 0.15) is 70.6 Å². The molecular weight excluding hydrogens is 328 g/mol. The fraction of sp³-hybridized carbons (Fsp3) is 0.840. The van der Waals surface area contributed by atoms with E-state index >= 15 is 0 Å². The van der Waals surface area contributed by atoms with Crippen molar-refractivity contribution in [3.63, 3.8) is 0 Å². The maximum Gasteiger partial charge on any atom is 0.0135 e. The molecule has 2 heteroatoms. The summed E-state index contributed by atoms with van der Waals surface area (Å²) in [5.74, 6) is 5.43. The summed E-state index contributed by atoms with van der Waals surface area (Å²) < 4.78 is 0. The maximum atomic E-state index is 3.97. The molecule has 0 aromatic heterocycles. The zero-order valence-corrected chi connectivity index (χ0v) is 17.1. The second-order valence-electron chi connectivity index (χ2n) is 10.3. The molecule has 8 atom stereocenters. The van der Waals surface area contributed by atoms with Crippen molar-refractivity contribution in [2.75, 3.05) is 13.1 Å². The molecule has 4 saturated carbocycles. The largest absolute Gasteiger partial charge is 0.313 e. The van der Waals surface area contributed by atoms with Crippen LogP contribution >= 0.6 is 0 Å². The molecule has 2 unspecified atom stereocenters. The molecule has 2 nitrogen and oxygen atoms in total. The highest BCUT2D eigenvalue weighted by Crippen LogP contribution is 2.48. The van der Waals surface area contributed by atoms with Crippen LogP contribution in [0.25, 0.3) is 0 Å². The Morgan fingerprint density at radius 2 is 1.04 bits per heavy atom. The highest BCUT2D eigenvalue weighted by Gasteiger charge is 2.43. The number of nitrogens with one attached hydrogen (secondary N) is 2. The summed E-state index contributed by atoms with van der Waals surface area (Å²) in [6, 6.07) is 1.46. The molecule has 0 aromatic carbocycles. The Labute approximate surface area is 166 Å². The van der Waals surface area contributed by atoms with Gasteiger partial charge in [-0.05, 0) is 80.7 Å². The molecule has 0 bridgehead atoms. The minimum atomic E-state index is 0.728. The van der Waals surface area contributed by atoms with Crippen molar-refractivity contribution in [3.8, 4) is 0 Å². The lowest BCUT2D eigenvalue weighted by molar-refractivity contribution is 0.247. The Morgan fingerprint density at radius 3 is 1.56 bits per heavy atom. The van der Waals surface area contributed by atoms with Gasteiger partial charge >= 0.3 is 0 Å². The van der Waals surface area contributed by atoms with Crippen molar-refractivity contribution in [1.82, 2.24) is 10.6 Å². The molecule has 5 rings (SSSR count). The second kappa shape index (κ2) is 8.41. The fourth-order valence-corrected chi connectivity index (χ4v) is 7.68. The van der Waals surface area contributed by atoms with E-state index in [9.17, 15) is 0 Å². The van der Waals surface area contributed by atoms with E-state index in [0.717, 1.165) is 47.6 Å². The van der Waals surface area contributed by atoms with Crippen LogP contribution in [0.3, 0.4) is 0 Å². The Hall–Kier alpha value is -0.600. The van der Waals surface area contributed by atoms with Crippen LogP contribution in [0.4, 0.5) is 0 Å². The molecule has 4 aliphatic carbocycles. The minimum absolute atomic E-state index is 0.728. The van der Waals surface area contributed by atoms with Crippen LogP contribution in [-0.4, -0.2) is 25.2 Å². The SMILES string of the molecule is C1=C[C@H]2C(C[C@H]3CCCCC32)NCCCN[C@H]2C[C@H]3CCCC[C@@H]3[C@H]2C=C1. The normalized spacial score (nSPS) is 47.7. The first-order valence-electron chi connectivity index (χ1n) is 12.2. The Balaban J connectivity index is 1.33. The van der Waals surface area contributed by atoms with Gasteiger partial charge in [-0.1, -0.05) is 62.8 Å². The van der Waals surface area contributed by atoms with Crippen molar-refractivity contribution >= 4 is 0 Å². The van der Waals surface area contributed by atoms with Crippen LogP contribution in [0, 0.1) is 35.5 Å². The van der Waals surface area contributed by atoms with Gasteiger partial charge in [0.2, 0.25) is 0 Å². The van der Waals surface area contributed by atoms with Crippen LogP contribution in [0.15, 0.2) is 24.3 Å². The molecule has 27 heavy (non-hydrogen) atoms. The van der Waals surface area contributed by atoms with Gasteiger partial charge in [-0.2, -0.15) is 0 Å². The van der Waals surface area contributed by atoms with E-state index in [1.165, 1.54) is 83.7 Å². The summed E-state index contributed by atoms with van der Waals surface area (Å²) in [5.41, 5.74) is 0. The van der Waals surface area contributed by atoms with Crippen LogP contribution < -0.4 is 10.6 Å². The van der Waals surface area contributed by atoms with Crippen molar-refractivity contribution in [2.45, 2.75) is 82.7 Å². The minimum Gasteiger partial charge on any atom is -0.313 e. The summed E-state index contributed by atoms with van der Waals surface area (Å²) in [6.45, 7) is 2.39. The van der Waals surface area contributed by atoms with E-state index in [2.05, 4.69) is 34.9 Å². The van der Waals surface area contributed by atoms with E-state index in [0.29, 0.717) is 0 Å². The second-order valence-corrected chi connectivity index (χ2v) is 10.3. The van der Waals surface area contributed by atoms with E-state index in [1.54, 1.807) is 0 Å². The predicted molar refractivity (Wildman–Crippen MR) is 114 cm³/mol. The standard InChI is InChI=1S/C25H40N2/c1-3-10-20-18(8-1)16-24-22(20)12-5-6-13-23-21-11-4-2-9-19(21)17-25(23)27-15-7-14-26-24/h5-6,12-13,18-27H,1-4,7-11,14-17H2/t18-,19-,20+,21?,22-,23-,24+,25?/m1/s1. The van der Waals surface area contributed by atoms with Crippen LogP contribution in [0.5, 0.6) is 0 Å². The molecule has 0 radical (unpaired) electrons. The summed E-state index contributed by atoms with van der Waals surface area (Å²) >= 11 is 0. The Kier molecular flexibility index (Phi) is 5.74. The molecule has 0 amide bonds. The molecule has 1 aliphatic heterocycles. The maximum absolute atomic E-state index is 3.97. The summed E-state index contributed by atoms with van der Waals surface area (Å²) in [6.07, 6.45) is 26.0. The summed E-state index contributed by atoms with van der Waals surface area (Å²) in [4.78, 5) is 0. The summed E-state index contributed by atoms with van der Waals surface area (Å²) in [7, 11) is 0. The van der Waals surface area contributed by atoms with Crippen molar-refractivity contribution in [3.05, 3.63) is 24.3 Å². The molecule has 150 valence electrons. The third kappa shape index (κ3) is 3.81. The number of hydrogen-bond acceptors (Lipinski definition) is 2. The Bertz CT molecular complexity index is 505. The van der Waals surface area contributed by atoms with Gasteiger partial charge in [-0.25, -0.2) is 0 Å². The van der Waals surface area contributed by atoms with E-state index in [1.807, 2.05) is 0 Å². The average molecular weight is 369 g/mol. The average Bonchev–Trinajstić information content (AvgIpc) is 3.22. The van der Waals surface area contributed by atoms with Gasteiger partial charge in [0, 0.05) is 12.1 Å². The summed E-state index contributed by atoms with van der Waals surface area (Å²) in [5, 5.41) is 7.94. The number of rotatable bonds is 0. The van der Waals surface area contributed by atoms with Crippen LogP contribution in [0.2, 0.25) is 0 Å². The third-order valence-electron chi connectivity index (χ3n) is 8.91. The molecule has 5 aliphatic rings. The lowest BCUT2D eigenvalue weighted by Crippen LogP contribution is -2.37. The monoisotopic (exact) mass is 368 g/mol. The van der Waals surface area contributed by atoms with Gasteiger partial charge in [-0.15, -0.1) is 0 Å². The predicted octanol–water partition coefficient (Wildman–Crippen LogP) is 5.07. The highest BCUT2D eigenvalue weighted by molar-refractivity contribution is 5.15. The van der Waals surface area contributed by atoms with Crippen molar-refractivity contribution in [2.24, 2.45) is 35.5 Å². The first-order valence-corrected chi connectivity index (χ1v) is 12.2. The zero-order valence-electron chi connectivity index (χ0n) is 17.1. The lowest BCUT2D eigenvalue weighted by Gasteiger charge is -2.28. The van der Waals surface area contributed by atoms with Gasteiger partial charge < -0.3 is 10.6 Å². The van der Waals surface area contributed by atoms with Crippen LogP contribution in [-0.2, 0) is 0 Å². The van der Waals surface area contributed by atoms with E-state index in [4.69, 9.17) is 0 Å². The number of fused-ring (bicyclic) bond motifs is 6. The van der Waals surface area contributed by atoms with Gasteiger partial charge in [-0.3, -0.25) is 0 Å². The molecule has 4 fully saturated rings.